The third-order valence-corrected chi connectivity index (χ3v) is 3.00. The normalized spacial score (nSPS) is 14.3. The van der Waals surface area contributed by atoms with E-state index in [-0.39, 0.29) is 5.91 Å². The zero-order valence-corrected chi connectivity index (χ0v) is 11.0. The lowest BCUT2D eigenvalue weighted by atomic mass is 10.0. The standard InChI is InChI=1S/C14H20N2O2/c1-16(2)8-3-9-18-12-6-4-11-5-7-14(17)15-13(11)10-12/h4,6,10H,3,5,7-9H2,1-2H3,(H,15,17). The Balaban J connectivity index is 1.90. The molecule has 0 aromatic heterocycles. The van der Waals surface area contributed by atoms with E-state index < -0.39 is 0 Å². The molecule has 4 nitrogen and oxygen atoms in total. The van der Waals surface area contributed by atoms with E-state index in [0.29, 0.717) is 13.0 Å². The lowest BCUT2D eigenvalue weighted by Gasteiger charge is -2.18. The molecule has 0 aliphatic carbocycles. The van der Waals surface area contributed by atoms with E-state index >= 15 is 0 Å². The van der Waals surface area contributed by atoms with Crippen molar-refractivity contribution in [3.05, 3.63) is 23.8 Å². The monoisotopic (exact) mass is 248 g/mol. The van der Waals surface area contributed by atoms with Crippen LogP contribution in [0.1, 0.15) is 18.4 Å². The van der Waals surface area contributed by atoms with Gasteiger partial charge in [0.25, 0.3) is 0 Å². The number of rotatable bonds is 5. The minimum Gasteiger partial charge on any atom is -0.493 e. The van der Waals surface area contributed by atoms with Crippen LogP contribution < -0.4 is 10.1 Å². The number of hydrogen-bond acceptors (Lipinski definition) is 3. The third-order valence-electron chi connectivity index (χ3n) is 3.00. The van der Waals surface area contributed by atoms with Crippen molar-refractivity contribution in [1.82, 2.24) is 4.90 Å². The summed E-state index contributed by atoms with van der Waals surface area (Å²) in [6.07, 6.45) is 2.40. The van der Waals surface area contributed by atoms with Crippen LogP contribution in [-0.4, -0.2) is 38.1 Å². The first-order valence-electron chi connectivity index (χ1n) is 6.35. The van der Waals surface area contributed by atoms with E-state index in [1.807, 2.05) is 18.2 Å². The Kier molecular flexibility index (Phi) is 4.20. The molecular formula is C14H20N2O2. The van der Waals surface area contributed by atoms with Gasteiger partial charge in [-0.05, 0) is 38.6 Å². The zero-order valence-electron chi connectivity index (χ0n) is 11.0. The van der Waals surface area contributed by atoms with Gasteiger partial charge in [-0.3, -0.25) is 4.79 Å². The quantitative estimate of drug-likeness (QED) is 0.809. The van der Waals surface area contributed by atoms with Crippen molar-refractivity contribution in [2.75, 3.05) is 32.6 Å². The lowest BCUT2D eigenvalue weighted by Crippen LogP contribution is -2.19. The second kappa shape index (κ2) is 5.87. The zero-order chi connectivity index (χ0) is 13.0. The van der Waals surface area contributed by atoms with Crippen LogP contribution in [0.2, 0.25) is 0 Å². The van der Waals surface area contributed by atoms with Crippen LogP contribution in [0.15, 0.2) is 18.2 Å². The highest BCUT2D eigenvalue weighted by atomic mass is 16.5. The highest BCUT2D eigenvalue weighted by Crippen LogP contribution is 2.27. The maximum Gasteiger partial charge on any atom is 0.224 e. The van der Waals surface area contributed by atoms with E-state index in [4.69, 9.17) is 4.74 Å². The summed E-state index contributed by atoms with van der Waals surface area (Å²) in [5.41, 5.74) is 2.09. The molecule has 0 atom stereocenters. The van der Waals surface area contributed by atoms with E-state index in [1.54, 1.807) is 0 Å². The molecule has 0 saturated carbocycles. The van der Waals surface area contributed by atoms with Gasteiger partial charge in [0.05, 0.1) is 6.61 Å². The Hall–Kier alpha value is -1.55. The average molecular weight is 248 g/mol. The molecule has 0 radical (unpaired) electrons. The summed E-state index contributed by atoms with van der Waals surface area (Å²) in [7, 11) is 4.10. The van der Waals surface area contributed by atoms with Crippen molar-refractivity contribution >= 4 is 11.6 Å². The van der Waals surface area contributed by atoms with Crippen LogP contribution in [0, 0.1) is 0 Å². The molecule has 0 spiro atoms. The molecule has 0 unspecified atom stereocenters. The number of anilines is 1. The van der Waals surface area contributed by atoms with Gasteiger partial charge in [0.2, 0.25) is 5.91 Å². The molecule has 1 heterocycles. The largest absolute Gasteiger partial charge is 0.493 e. The molecule has 4 heteroatoms. The first-order chi connectivity index (χ1) is 8.65. The van der Waals surface area contributed by atoms with Crippen LogP contribution >= 0.6 is 0 Å². The van der Waals surface area contributed by atoms with Crippen LogP contribution in [-0.2, 0) is 11.2 Å². The summed E-state index contributed by atoms with van der Waals surface area (Å²) >= 11 is 0. The molecule has 1 aromatic carbocycles. The predicted molar refractivity (Wildman–Crippen MR) is 72.1 cm³/mol. The number of benzene rings is 1. The fraction of sp³-hybridized carbons (Fsp3) is 0.500. The van der Waals surface area contributed by atoms with Gasteiger partial charge in [-0.15, -0.1) is 0 Å². The number of amides is 1. The van der Waals surface area contributed by atoms with Gasteiger partial charge < -0.3 is 15.0 Å². The Morgan fingerprint density at radius 3 is 2.94 bits per heavy atom. The minimum absolute atomic E-state index is 0.0901. The molecule has 0 bridgehead atoms. The highest BCUT2D eigenvalue weighted by molar-refractivity contribution is 5.94. The number of carbonyl (C=O) groups excluding carboxylic acids is 1. The van der Waals surface area contributed by atoms with Crippen LogP contribution in [0.5, 0.6) is 5.75 Å². The van der Waals surface area contributed by atoms with Gasteiger partial charge in [0.15, 0.2) is 0 Å². The first-order valence-corrected chi connectivity index (χ1v) is 6.35. The van der Waals surface area contributed by atoms with Crippen molar-refractivity contribution in [3.8, 4) is 5.75 Å². The Morgan fingerprint density at radius 1 is 1.33 bits per heavy atom. The molecule has 98 valence electrons. The van der Waals surface area contributed by atoms with Gasteiger partial charge in [0.1, 0.15) is 5.75 Å². The number of nitrogens with one attached hydrogen (secondary N) is 1. The predicted octanol–water partition coefficient (Wildman–Crippen LogP) is 1.90. The molecule has 1 aliphatic rings. The molecule has 18 heavy (non-hydrogen) atoms. The first kappa shape index (κ1) is 12.9. The topological polar surface area (TPSA) is 41.6 Å². The molecule has 0 fully saturated rings. The fourth-order valence-electron chi connectivity index (χ4n) is 2.01. The summed E-state index contributed by atoms with van der Waals surface area (Å²) in [5.74, 6) is 0.918. The van der Waals surface area contributed by atoms with Gasteiger partial charge in [0, 0.05) is 24.7 Å². The summed E-state index contributed by atoms with van der Waals surface area (Å²) in [4.78, 5) is 13.5. The number of nitrogens with zero attached hydrogens (tertiary/aromatic N) is 1. The summed E-state index contributed by atoms with van der Waals surface area (Å²) in [5, 5.41) is 2.88. The number of hydrogen-bond donors (Lipinski definition) is 1. The second-order valence-corrected chi connectivity index (χ2v) is 4.87. The SMILES string of the molecule is CN(C)CCCOc1ccc2c(c1)NC(=O)CC2. The smallest absolute Gasteiger partial charge is 0.224 e. The fourth-order valence-corrected chi connectivity index (χ4v) is 2.01. The molecule has 1 aromatic rings. The third kappa shape index (κ3) is 3.47. The maximum absolute atomic E-state index is 11.3. The number of aryl methyl sites for hydroxylation is 1. The minimum atomic E-state index is 0.0901. The van der Waals surface area contributed by atoms with Crippen molar-refractivity contribution in [3.63, 3.8) is 0 Å². The summed E-state index contributed by atoms with van der Waals surface area (Å²) < 4.78 is 5.68. The van der Waals surface area contributed by atoms with Crippen LogP contribution in [0.3, 0.4) is 0 Å². The Morgan fingerprint density at radius 2 is 2.17 bits per heavy atom. The highest BCUT2D eigenvalue weighted by Gasteiger charge is 2.14. The van der Waals surface area contributed by atoms with Gasteiger partial charge in [-0.25, -0.2) is 0 Å². The van der Waals surface area contributed by atoms with Crippen molar-refractivity contribution in [2.45, 2.75) is 19.3 Å². The van der Waals surface area contributed by atoms with Gasteiger partial charge in [-0.1, -0.05) is 6.07 Å². The Bertz CT molecular complexity index is 430. The van der Waals surface area contributed by atoms with E-state index in [1.165, 1.54) is 5.56 Å². The van der Waals surface area contributed by atoms with Crippen LogP contribution in [0.4, 0.5) is 5.69 Å². The van der Waals surface area contributed by atoms with E-state index in [2.05, 4.69) is 24.3 Å². The molecular weight excluding hydrogens is 228 g/mol. The lowest BCUT2D eigenvalue weighted by molar-refractivity contribution is -0.116. The molecule has 0 saturated heterocycles. The molecule has 1 amide bonds. The molecule has 1 aliphatic heterocycles. The van der Waals surface area contributed by atoms with Gasteiger partial charge >= 0.3 is 0 Å². The number of carbonyl (C=O) groups is 1. The van der Waals surface area contributed by atoms with E-state index in [9.17, 15) is 4.79 Å². The summed E-state index contributed by atoms with van der Waals surface area (Å²) in [6.45, 7) is 1.71. The maximum atomic E-state index is 11.3. The molecule has 2 rings (SSSR count). The number of fused-ring (bicyclic) bond motifs is 1. The van der Waals surface area contributed by atoms with Crippen molar-refractivity contribution in [2.24, 2.45) is 0 Å². The van der Waals surface area contributed by atoms with E-state index in [0.717, 1.165) is 30.8 Å². The van der Waals surface area contributed by atoms with Crippen molar-refractivity contribution in [1.29, 1.82) is 0 Å². The second-order valence-electron chi connectivity index (χ2n) is 4.87. The number of ether oxygens (including phenoxy) is 1. The average Bonchev–Trinajstić information content (AvgIpc) is 2.34. The molecule has 1 N–H and O–H groups in total. The van der Waals surface area contributed by atoms with Gasteiger partial charge in [-0.2, -0.15) is 0 Å². The van der Waals surface area contributed by atoms with Crippen molar-refractivity contribution < 1.29 is 9.53 Å². The Labute approximate surface area is 108 Å². The van der Waals surface area contributed by atoms with Crippen LogP contribution in [0.25, 0.3) is 0 Å². The summed E-state index contributed by atoms with van der Waals surface area (Å²) in [6, 6.07) is 5.93.